The molecule has 0 saturated heterocycles. The summed E-state index contributed by atoms with van der Waals surface area (Å²) in [4.78, 5) is 0. The second kappa shape index (κ2) is 6.38. The van der Waals surface area contributed by atoms with Gasteiger partial charge >= 0.3 is 0 Å². The van der Waals surface area contributed by atoms with Crippen LogP contribution < -0.4 is 0 Å². The van der Waals surface area contributed by atoms with Crippen LogP contribution in [0.4, 0.5) is 0 Å². The van der Waals surface area contributed by atoms with Gasteiger partial charge in [-0.2, -0.15) is 0 Å². The Morgan fingerprint density at radius 3 is 2.31 bits per heavy atom. The summed E-state index contributed by atoms with van der Waals surface area (Å²) >= 11 is 0. The highest BCUT2D eigenvalue weighted by molar-refractivity contribution is 6.80. The van der Waals surface area contributed by atoms with E-state index < -0.39 is 8.07 Å². The molecule has 0 aliphatic heterocycles. The molecule has 0 aliphatic carbocycles. The first-order valence-corrected chi connectivity index (χ1v) is 8.91. The average Bonchev–Trinajstić information content (AvgIpc) is 2.00. The second-order valence-corrected chi connectivity index (χ2v) is 9.85. The Balaban J connectivity index is 3.61. The van der Waals surface area contributed by atoms with Crippen LogP contribution in [0.5, 0.6) is 0 Å². The first kappa shape index (κ1) is 12.9. The summed E-state index contributed by atoms with van der Waals surface area (Å²) in [7, 11) is -1.11. The molecule has 0 bridgehead atoms. The van der Waals surface area contributed by atoms with Gasteiger partial charge in [0.05, 0.1) is 14.2 Å². The van der Waals surface area contributed by atoms with Crippen molar-refractivity contribution in [2.24, 2.45) is 0 Å². The van der Waals surface area contributed by atoms with Crippen molar-refractivity contribution in [2.45, 2.75) is 58.4 Å². The molecule has 0 aromatic heterocycles. The maximum absolute atomic E-state index is 9.57. The second-order valence-electron chi connectivity index (χ2n) is 4.79. The molecular formula is C11H24OSi. The number of rotatable bonds is 6. The smallest absolute Gasteiger partial charge is 0.0717 e. The minimum Gasteiger partial charge on any atom is -0.389 e. The fraction of sp³-hybridized carbons (Fsp3) is 0.818. The van der Waals surface area contributed by atoms with Crippen LogP contribution in [0.25, 0.3) is 0 Å². The van der Waals surface area contributed by atoms with Gasteiger partial charge < -0.3 is 5.11 Å². The highest BCUT2D eigenvalue weighted by Crippen LogP contribution is 2.07. The van der Waals surface area contributed by atoms with E-state index in [2.05, 4.69) is 32.3 Å². The van der Waals surface area contributed by atoms with Gasteiger partial charge in [-0.3, -0.25) is 0 Å². The van der Waals surface area contributed by atoms with Crippen molar-refractivity contribution in [3.05, 3.63) is 11.8 Å². The zero-order chi connectivity index (χ0) is 10.3. The molecule has 78 valence electrons. The molecule has 0 fully saturated rings. The highest BCUT2D eigenvalue weighted by Gasteiger charge is 2.08. The molecule has 1 N–H and O–H groups in total. The third-order valence-electron chi connectivity index (χ3n) is 1.92. The Kier molecular flexibility index (Phi) is 6.34. The predicted octanol–water partition coefficient (Wildman–Crippen LogP) is 3.36. The molecule has 0 aliphatic rings. The van der Waals surface area contributed by atoms with Crippen molar-refractivity contribution < 1.29 is 5.11 Å². The summed E-state index contributed by atoms with van der Waals surface area (Å²) < 4.78 is 0. The molecule has 0 aromatic carbocycles. The highest BCUT2D eigenvalue weighted by atomic mass is 28.3. The van der Waals surface area contributed by atoms with Crippen molar-refractivity contribution in [3.63, 3.8) is 0 Å². The van der Waals surface area contributed by atoms with Crippen LogP contribution >= 0.6 is 0 Å². The average molecular weight is 200 g/mol. The molecule has 0 amide bonds. The molecule has 13 heavy (non-hydrogen) atoms. The van der Waals surface area contributed by atoms with Crippen LogP contribution in [0.3, 0.4) is 0 Å². The Morgan fingerprint density at radius 2 is 1.85 bits per heavy atom. The molecule has 0 radical (unpaired) electrons. The van der Waals surface area contributed by atoms with Gasteiger partial charge in [-0.15, -0.1) is 0 Å². The molecule has 0 rings (SSSR count). The first-order valence-electron chi connectivity index (χ1n) is 5.33. The molecular weight excluding hydrogens is 176 g/mol. The molecule has 1 atom stereocenters. The fourth-order valence-corrected chi connectivity index (χ4v) is 1.90. The van der Waals surface area contributed by atoms with Crippen molar-refractivity contribution in [3.8, 4) is 0 Å². The third kappa shape index (κ3) is 9.83. The molecule has 0 aromatic rings. The lowest BCUT2D eigenvalue weighted by atomic mass is 10.1. The van der Waals surface area contributed by atoms with Crippen LogP contribution in [-0.2, 0) is 0 Å². The van der Waals surface area contributed by atoms with E-state index in [1.165, 1.54) is 12.8 Å². The maximum Gasteiger partial charge on any atom is 0.0717 e. The van der Waals surface area contributed by atoms with E-state index in [-0.39, 0.29) is 6.10 Å². The summed E-state index contributed by atoms with van der Waals surface area (Å²) in [6.07, 6.45) is 6.31. The molecule has 1 nitrogen and oxygen atoms in total. The van der Waals surface area contributed by atoms with Crippen LogP contribution in [0.1, 0.15) is 32.6 Å². The monoisotopic (exact) mass is 200 g/mol. The number of aliphatic hydroxyl groups is 1. The van der Waals surface area contributed by atoms with Crippen LogP contribution in [0.15, 0.2) is 11.8 Å². The van der Waals surface area contributed by atoms with Gasteiger partial charge in [0.1, 0.15) is 0 Å². The maximum atomic E-state index is 9.57. The van der Waals surface area contributed by atoms with E-state index in [1.807, 2.05) is 6.08 Å². The van der Waals surface area contributed by atoms with Gasteiger partial charge in [0.15, 0.2) is 0 Å². The van der Waals surface area contributed by atoms with Gasteiger partial charge in [0.25, 0.3) is 0 Å². The van der Waals surface area contributed by atoms with Gasteiger partial charge in [-0.05, 0) is 6.42 Å². The Morgan fingerprint density at radius 1 is 1.23 bits per heavy atom. The topological polar surface area (TPSA) is 20.2 Å². The largest absolute Gasteiger partial charge is 0.389 e. The lowest BCUT2D eigenvalue weighted by molar-refractivity contribution is 0.208. The third-order valence-corrected chi connectivity index (χ3v) is 3.11. The zero-order valence-corrected chi connectivity index (χ0v) is 10.5. The Labute approximate surface area is 83.9 Å². The van der Waals surface area contributed by atoms with Crippen molar-refractivity contribution in [1.29, 1.82) is 0 Å². The van der Waals surface area contributed by atoms with E-state index in [4.69, 9.17) is 0 Å². The van der Waals surface area contributed by atoms with Crippen LogP contribution in [0, 0.1) is 0 Å². The molecule has 1 unspecified atom stereocenters. The van der Waals surface area contributed by atoms with Gasteiger partial charge in [0, 0.05) is 0 Å². The number of hydrogen-bond donors (Lipinski definition) is 1. The molecule has 0 spiro atoms. The van der Waals surface area contributed by atoms with Gasteiger partial charge in [-0.1, -0.05) is 57.6 Å². The fourth-order valence-electron chi connectivity index (χ4n) is 1.10. The molecule has 0 heterocycles. The molecule has 2 heteroatoms. The lowest BCUT2D eigenvalue weighted by Crippen LogP contribution is -2.17. The summed E-state index contributed by atoms with van der Waals surface area (Å²) in [5, 5.41) is 9.57. The predicted molar refractivity (Wildman–Crippen MR) is 62.6 cm³/mol. The zero-order valence-electron chi connectivity index (χ0n) is 9.51. The summed E-state index contributed by atoms with van der Waals surface area (Å²) in [6, 6.07) is 0. The van der Waals surface area contributed by atoms with E-state index in [9.17, 15) is 5.11 Å². The van der Waals surface area contributed by atoms with Crippen LogP contribution in [0.2, 0.25) is 19.6 Å². The summed E-state index contributed by atoms with van der Waals surface area (Å²) in [5.41, 5.74) is 2.23. The normalized spacial score (nSPS) is 15.2. The minimum absolute atomic E-state index is 0.210. The molecule has 0 saturated carbocycles. The number of unbranched alkanes of at least 4 members (excludes halogenated alkanes) is 2. The Hall–Kier alpha value is -0.0831. The minimum atomic E-state index is -1.11. The standard InChI is InChI=1S/C11H24OSi/c1-5-6-7-8-11(12)9-10-13(2,3)4/h9-12H,5-8H2,1-4H3. The van der Waals surface area contributed by atoms with Gasteiger partial charge in [0.2, 0.25) is 0 Å². The Bertz CT molecular complexity index is 147. The SMILES string of the molecule is CCCCCC(O)C=C[Si](C)(C)C. The quantitative estimate of drug-likeness (QED) is 0.515. The number of aliphatic hydroxyl groups excluding tert-OH is 1. The van der Waals surface area contributed by atoms with Crippen LogP contribution in [-0.4, -0.2) is 19.3 Å². The summed E-state index contributed by atoms with van der Waals surface area (Å²) in [5.74, 6) is 0. The lowest BCUT2D eigenvalue weighted by Gasteiger charge is -2.10. The van der Waals surface area contributed by atoms with E-state index in [0.29, 0.717) is 0 Å². The van der Waals surface area contributed by atoms with Gasteiger partial charge in [-0.25, -0.2) is 0 Å². The van der Waals surface area contributed by atoms with Crippen molar-refractivity contribution in [2.75, 3.05) is 0 Å². The van der Waals surface area contributed by atoms with Crippen molar-refractivity contribution in [1.82, 2.24) is 0 Å². The van der Waals surface area contributed by atoms with Crippen molar-refractivity contribution >= 4 is 8.07 Å². The summed E-state index contributed by atoms with van der Waals surface area (Å²) in [6.45, 7) is 9.02. The van der Waals surface area contributed by atoms with E-state index >= 15 is 0 Å². The van der Waals surface area contributed by atoms with E-state index in [0.717, 1.165) is 12.8 Å². The number of hydrogen-bond acceptors (Lipinski definition) is 1. The van der Waals surface area contributed by atoms with E-state index in [1.54, 1.807) is 0 Å². The first-order chi connectivity index (χ1) is 5.95.